The van der Waals surface area contributed by atoms with Crippen LogP contribution in [0.15, 0.2) is 0 Å². The highest BCUT2D eigenvalue weighted by atomic mass is 32.2. The first-order chi connectivity index (χ1) is 7.36. The summed E-state index contributed by atoms with van der Waals surface area (Å²) < 4.78 is 5.64. The van der Waals surface area contributed by atoms with Crippen LogP contribution >= 0.6 is 11.8 Å². The molecule has 1 N–H and O–H groups in total. The van der Waals surface area contributed by atoms with Crippen LogP contribution in [0.4, 0.5) is 0 Å². The number of ether oxygens (including phenoxy) is 1. The summed E-state index contributed by atoms with van der Waals surface area (Å²) in [5, 5.41) is 3.36. The molecular formula is C11H24N2OS. The third-order valence-corrected chi connectivity index (χ3v) is 3.83. The smallest absolute Gasteiger partial charge is 0.0790 e. The van der Waals surface area contributed by atoms with E-state index in [-0.39, 0.29) is 0 Å². The second-order valence-electron chi connectivity index (χ2n) is 3.80. The van der Waals surface area contributed by atoms with Crippen LogP contribution in [0.1, 0.15) is 13.8 Å². The van der Waals surface area contributed by atoms with Gasteiger partial charge >= 0.3 is 0 Å². The number of morpholine rings is 1. The van der Waals surface area contributed by atoms with Gasteiger partial charge in [-0.2, -0.15) is 11.8 Å². The predicted molar refractivity (Wildman–Crippen MR) is 67.7 cm³/mol. The van der Waals surface area contributed by atoms with Crippen molar-refractivity contribution in [3.63, 3.8) is 0 Å². The first-order valence-electron chi connectivity index (χ1n) is 5.99. The summed E-state index contributed by atoms with van der Waals surface area (Å²) in [6, 6.07) is 0. The molecule has 1 saturated heterocycles. The molecule has 0 aromatic carbocycles. The van der Waals surface area contributed by atoms with Crippen molar-refractivity contribution in [3.05, 3.63) is 0 Å². The largest absolute Gasteiger partial charge is 0.375 e. The highest BCUT2D eigenvalue weighted by Crippen LogP contribution is 2.07. The van der Waals surface area contributed by atoms with E-state index in [0.717, 1.165) is 25.4 Å². The van der Waals surface area contributed by atoms with Crippen molar-refractivity contribution in [2.24, 2.45) is 0 Å². The second kappa shape index (κ2) is 8.39. The molecule has 0 saturated carbocycles. The van der Waals surface area contributed by atoms with Crippen molar-refractivity contribution in [1.29, 1.82) is 0 Å². The molecule has 1 aliphatic rings. The number of hydrogen-bond donors (Lipinski definition) is 1. The minimum atomic E-state index is 0.431. The van der Waals surface area contributed by atoms with Crippen LogP contribution in [0, 0.1) is 0 Å². The van der Waals surface area contributed by atoms with Gasteiger partial charge < -0.3 is 15.0 Å². The molecule has 0 bridgehead atoms. The molecule has 1 atom stereocenters. The average molecular weight is 232 g/mol. The third kappa shape index (κ3) is 5.76. The van der Waals surface area contributed by atoms with Gasteiger partial charge in [-0.25, -0.2) is 0 Å². The molecule has 0 aliphatic carbocycles. The molecular weight excluding hydrogens is 208 g/mol. The lowest BCUT2D eigenvalue weighted by Crippen LogP contribution is -2.40. The van der Waals surface area contributed by atoms with Crippen LogP contribution < -0.4 is 5.32 Å². The zero-order chi connectivity index (χ0) is 10.9. The van der Waals surface area contributed by atoms with E-state index in [4.69, 9.17) is 4.74 Å². The van der Waals surface area contributed by atoms with Crippen LogP contribution in [0.25, 0.3) is 0 Å². The first kappa shape index (κ1) is 13.3. The topological polar surface area (TPSA) is 24.5 Å². The Morgan fingerprint density at radius 3 is 2.80 bits per heavy atom. The van der Waals surface area contributed by atoms with Crippen LogP contribution in [0.5, 0.6) is 0 Å². The molecule has 0 aromatic rings. The fourth-order valence-corrected chi connectivity index (χ4v) is 2.71. The highest BCUT2D eigenvalue weighted by Gasteiger charge is 2.12. The summed E-state index contributed by atoms with van der Waals surface area (Å²) >= 11 is 2.01. The van der Waals surface area contributed by atoms with E-state index in [2.05, 4.69) is 24.1 Å². The van der Waals surface area contributed by atoms with Gasteiger partial charge in [-0.3, -0.25) is 0 Å². The number of nitrogens with zero attached hydrogens (tertiary/aromatic N) is 1. The van der Waals surface area contributed by atoms with Gasteiger partial charge in [0.1, 0.15) is 0 Å². The van der Waals surface area contributed by atoms with Crippen molar-refractivity contribution in [3.8, 4) is 0 Å². The standard InChI is InChI=1S/C11H24N2OS/c1-3-13(4-2)6-8-15-10-11-9-12-5-7-14-11/h11-12H,3-10H2,1-2H3. The zero-order valence-electron chi connectivity index (χ0n) is 10.00. The van der Waals surface area contributed by atoms with E-state index < -0.39 is 0 Å². The van der Waals surface area contributed by atoms with Crippen molar-refractivity contribution in [1.82, 2.24) is 10.2 Å². The van der Waals surface area contributed by atoms with Gasteiger partial charge in [0.2, 0.25) is 0 Å². The summed E-state index contributed by atoms with van der Waals surface area (Å²) in [6.07, 6.45) is 0.431. The van der Waals surface area contributed by atoms with E-state index in [1.807, 2.05) is 11.8 Å². The van der Waals surface area contributed by atoms with Gasteiger partial charge in [-0.15, -0.1) is 0 Å². The highest BCUT2D eigenvalue weighted by molar-refractivity contribution is 7.99. The van der Waals surface area contributed by atoms with Gasteiger partial charge in [-0.1, -0.05) is 13.8 Å². The van der Waals surface area contributed by atoms with Crippen molar-refractivity contribution in [2.45, 2.75) is 20.0 Å². The second-order valence-corrected chi connectivity index (χ2v) is 4.95. The lowest BCUT2D eigenvalue weighted by Gasteiger charge is -2.24. The maximum Gasteiger partial charge on any atom is 0.0790 e. The molecule has 1 unspecified atom stereocenters. The van der Waals surface area contributed by atoms with Crippen LogP contribution in [0.3, 0.4) is 0 Å². The van der Waals surface area contributed by atoms with Gasteiger partial charge in [0.15, 0.2) is 0 Å². The Kier molecular flexibility index (Phi) is 7.44. The van der Waals surface area contributed by atoms with Gasteiger partial charge in [0.25, 0.3) is 0 Å². The normalized spacial score (nSPS) is 22.2. The van der Waals surface area contributed by atoms with Crippen molar-refractivity contribution >= 4 is 11.8 Å². The van der Waals surface area contributed by atoms with Crippen molar-refractivity contribution < 1.29 is 4.74 Å². The molecule has 0 aromatic heterocycles. The summed E-state index contributed by atoms with van der Waals surface area (Å²) in [7, 11) is 0. The average Bonchev–Trinajstić information content (AvgIpc) is 2.31. The minimum Gasteiger partial charge on any atom is -0.375 e. The Morgan fingerprint density at radius 2 is 2.20 bits per heavy atom. The van der Waals surface area contributed by atoms with E-state index in [1.54, 1.807) is 0 Å². The Morgan fingerprint density at radius 1 is 1.40 bits per heavy atom. The van der Waals surface area contributed by atoms with Gasteiger partial charge in [-0.05, 0) is 13.1 Å². The quantitative estimate of drug-likeness (QED) is 0.663. The van der Waals surface area contributed by atoms with E-state index >= 15 is 0 Å². The molecule has 1 aliphatic heterocycles. The Bertz CT molecular complexity index is 148. The van der Waals surface area contributed by atoms with Crippen LogP contribution in [-0.2, 0) is 4.74 Å². The van der Waals surface area contributed by atoms with Gasteiger partial charge in [0, 0.05) is 31.1 Å². The molecule has 0 amide bonds. The maximum absolute atomic E-state index is 5.64. The monoisotopic (exact) mass is 232 g/mol. The van der Waals surface area contributed by atoms with Gasteiger partial charge in [0.05, 0.1) is 12.7 Å². The molecule has 1 heterocycles. The molecule has 90 valence electrons. The minimum absolute atomic E-state index is 0.431. The Hall–Kier alpha value is 0.230. The fourth-order valence-electron chi connectivity index (χ4n) is 1.68. The summed E-state index contributed by atoms with van der Waals surface area (Å²) in [6.45, 7) is 10.9. The summed E-state index contributed by atoms with van der Waals surface area (Å²) in [5.74, 6) is 2.36. The zero-order valence-corrected chi connectivity index (χ0v) is 10.8. The molecule has 1 rings (SSSR count). The first-order valence-corrected chi connectivity index (χ1v) is 7.14. The number of rotatable bonds is 7. The molecule has 15 heavy (non-hydrogen) atoms. The number of hydrogen-bond acceptors (Lipinski definition) is 4. The SMILES string of the molecule is CCN(CC)CCSCC1CNCCO1. The summed E-state index contributed by atoms with van der Waals surface area (Å²) in [5.41, 5.74) is 0. The molecule has 1 fully saturated rings. The molecule has 4 heteroatoms. The number of thioether (sulfide) groups is 1. The Balaban J connectivity index is 1.95. The van der Waals surface area contributed by atoms with Crippen molar-refractivity contribution in [2.75, 3.05) is 50.8 Å². The van der Waals surface area contributed by atoms with Crippen LogP contribution in [0.2, 0.25) is 0 Å². The van der Waals surface area contributed by atoms with E-state index in [9.17, 15) is 0 Å². The third-order valence-electron chi connectivity index (χ3n) is 2.75. The van der Waals surface area contributed by atoms with Crippen LogP contribution in [-0.4, -0.2) is 61.8 Å². The lowest BCUT2D eigenvalue weighted by atomic mass is 10.3. The molecule has 0 radical (unpaired) electrons. The summed E-state index contributed by atoms with van der Waals surface area (Å²) in [4.78, 5) is 2.47. The maximum atomic E-state index is 5.64. The van der Waals surface area contributed by atoms with E-state index in [1.165, 1.54) is 25.4 Å². The molecule has 3 nitrogen and oxygen atoms in total. The molecule has 0 spiro atoms. The Labute approximate surface area is 97.9 Å². The number of nitrogens with one attached hydrogen (secondary N) is 1. The fraction of sp³-hybridized carbons (Fsp3) is 1.00. The van der Waals surface area contributed by atoms with E-state index in [0.29, 0.717) is 6.10 Å². The lowest BCUT2D eigenvalue weighted by molar-refractivity contribution is 0.0441. The predicted octanol–water partition coefficient (Wildman–Crippen LogP) is 1.05.